The molecule has 4 nitrogen and oxygen atoms in total. The molecule has 0 saturated carbocycles. The summed E-state index contributed by atoms with van der Waals surface area (Å²) < 4.78 is 0. The Morgan fingerprint density at radius 1 is 1.33 bits per heavy atom. The Bertz CT molecular complexity index is 386. The third-order valence-electron chi connectivity index (χ3n) is 3.30. The average molecular weight is 249 g/mol. The van der Waals surface area contributed by atoms with Crippen molar-refractivity contribution in [2.75, 3.05) is 6.54 Å². The lowest BCUT2D eigenvalue weighted by Gasteiger charge is -2.14. The molecule has 1 aromatic carbocycles. The zero-order chi connectivity index (χ0) is 13.4. The van der Waals surface area contributed by atoms with Gasteiger partial charge in [-0.15, -0.1) is 0 Å². The van der Waals surface area contributed by atoms with Crippen LogP contribution in [0.5, 0.6) is 0 Å². The Morgan fingerprint density at radius 2 is 2.00 bits per heavy atom. The van der Waals surface area contributed by atoms with Crippen molar-refractivity contribution in [1.82, 2.24) is 5.32 Å². The van der Waals surface area contributed by atoms with Crippen LogP contribution in [0.15, 0.2) is 29.4 Å². The molecular weight excluding hydrogens is 226 g/mol. The van der Waals surface area contributed by atoms with E-state index in [0.29, 0.717) is 5.92 Å². The molecule has 100 valence electrons. The molecule has 4 heteroatoms. The Labute approximate surface area is 109 Å². The Kier molecular flexibility index (Phi) is 6.22. The summed E-state index contributed by atoms with van der Waals surface area (Å²) >= 11 is 0. The molecule has 0 radical (unpaired) electrons. The number of amidine groups is 1. The van der Waals surface area contributed by atoms with Crippen molar-refractivity contribution in [2.45, 2.75) is 33.2 Å². The largest absolute Gasteiger partial charge is 0.409 e. The van der Waals surface area contributed by atoms with E-state index < -0.39 is 0 Å². The lowest BCUT2D eigenvalue weighted by atomic mass is 10.0. The minimum absolute atomic E-state index is 0.162. The van der Waals surface area contributed by atoms with Crippen LogP contribution in [0.3, 0.4) is 0 Å². The van der Waals surface area contributed by atoms with Gasteiger partial charge in [-0.05, 0) is 18.0 Å². The van der Waals surface area contributed by atoms with Crippen LogP contribution in [-0.2, 0) is 6.54 Å². The van der Waals surface area contributed by atoms with Crippen LogP contribution in [-0.4, -0.2) is 17.6 Å². The molecule has 0 fully saturated rings. The minimum atomic E-state index is 0.162. The molecule has 0 bridgehead atoms. The topological polar surface area (TPSA) is 70.6 Å². The second-order valence-corrected chi connectivity index (χ2v) is 4.46. The number of hydrogen-bond donors (Lipinski definition) is 3. The molecule has 0 saturated heterocycles. The van der Waals surface area contributed by atoms with Crippen LogP contribution in [0.4, 0.5) is 0 Å². The second kappa shape index (κ2) is 7.71. The molecule has 0 atom stereocenters. The molecule has 1 rings (SSSR count). The predicted octanol–water partition coefficient (Wildman–Crippen LogP) is 2.31. The maximum Gasteiger partial charge on any atom is 0.170 e. The molecule has 18 heavy (non-hydrogen) atoms. The quantitative estimate of drug-likeness (QED) is 0.300. The van der Waals surface area contributed by atoms with E-state index in [1.165, 1.54) is 12.8 Å². The Morgan fingerprint density at radius 3 is 2.61 bits per heavy atom. The lowest BCUT2D eigenvalue weighted by molar-refractivity contribution is 0.318. The van der Waals surface area contributed by atoms with Crippen LogP contribution >= 0.6 is 0 Å². The molecule has 0 aliphatic heterocycles. The smallest absolute Gasteiger partial charge is 0.170 e. The van der Waals surface area contributed by atoms with E-state index in [4.69, 9.17) is 10.9 Å². The molecule has 0 amide bonds. The number of oxime groups is 1. The van der Waals surface area contributed by atoms with Gasteiger partial charge in [0.05, 0.1) is 0 Å². The van der Waals surface area contributed by atoms with Crippen molar-refractivity contribution >= 4 is 5.84 Å². The standard InChI is InChI=1S/C14H23N3O/c1-3-11(4-2)9-16-10-12-7-5-6-8-13(12)14(15)17-18/h5-8,11,16,18H,3-4,9-10H2,1-2H3,(H2,15,17). The van der Waals surface area contributed by atoms with Crippen LogP contribution < -0.4 is 11.1 Å². The van der Waals surface area contributed by atoms with Gasteiger partial charge in [0.2, 0.25) is 0 Å². The van der Waals surface area contributed by atoms with Crippen molar-refractivity contribution < 1.29 is 5.21 Å². The van der Waals surface area contributed by atoms with Gasteiger partial charge in [-0.2, -0.15) is 0 Å². The fraction of sp³-hybridized carbons (Fsp3) is 0.500. The number of rotatable bonds is 7. The van der Waals surface area contributed by atoms with Crippen LogP contribution in [0, 0.1) is 5.92 Å². The van der Waals surface area contributed by atoms with Crippen molar-refractivity contribution in [3.05, 3.63) is 35.4 Å². The van der Waals surface area contributed by atoms with Crippen LogP contribution in [0.25, 0.3) is 0 Å². The van der Waals surface area contributed by atoms with Gasteiger partial charge in [0.1, 0.15) is 0 Å². The maximum absolute atomic E-state index is 8.74. The molecule has 0 unspecified atom stereocenters. The number of nitrogens with one attached hydrogen (secondary N) is 1. The molecule has 0 aliphatic carbocycles. The molecule has 1 aromatic rings. The first kappa shape index (κ1) is 14.5. The van der Waals surface area contributed by atoms with Gasteiger partial charge in [-0.1, -0.05) is 56.1 Å². The summed E-state index contributed by atoms with van der Waals surface area (Å²) in [4.78, 5) is 0. The first-order valence-corrected chi connectivity index (χ1v) is 6.49. The lowest BCUT2D eigenvalue weighted by Crippen LogP contribution is -2.24. The van der Waals surface area contributed by atoms with Gasteiger partial charge in [-0.25, -0.2) is 0 Å². The average Bonchev–Trinajstić information content (AvgIpc) is 2.43. The minimum Gasteiger partial charge on any atom is -0.409 e. The first-order chi connectivity index (χ1) is 8.72. The highest BCUT2D eigenvalue weighted by atomic mass is 16.4. The van der Waals surface area contributed by atoms with E-state index in [9.17, 15) is 0 Å². The summed E-state index contributed by atoms with van der Waals surface area (Å²) in [6.45, 7) is 6.15. The Hall–Kier alpha value is -1.55. The van der Waals surface area contributed by atoms with Crippen molar-refractivity contribution in [1.29, 1.82) is 0 Å². The molecule has 0 heterocycles. The van der Waals surface area contributed by atoms with E-state index in [1.54, 1.807) is 0 Å². The van der Waals surface area contributed by atoms with E-state index in [0.717, 1.165) is 24.2 Å². The van der Waals surface area contributed by atoms with Gasteiger partial charge in [0.15, 0.2) is 5.84 Å². The van der Waals surface area contributed by atoms with Gasteiger partial charge in [0.25, 0.3) is 0 Å². The second-order valence-electron chi connectivity index (χ2n) is 4.46. The summed E-state index contributed by atoms with van der Waals surface area (Å²) in [5.41, 5.74) is 7.49. The summed E-state index contributed by atoms with van der Waals surface area (Å²) in [7, 11) is 0. The maximum atomic E-state index is 8.74. The van der Waals surface area contributed by atoms with Crippen LogP contribution in [0.2, 0.25) is 0 Å². The zero-order valence-corrected chi connectivity index (χ0v) is 11.2. The van der Waals surface area contributed by atoms with E-state index >= 15 is 0 Å². The normalized spacial score (nSPS) is 12.1. The van der Waals surface area contributed by atoms with E-state index in [1.807, 2.05) is 24.3 Å². The third-order valence-corrected chi connectivity index (χ3v) is 3.30. The number of hydrogen-bond acceptors (Lipinski definition) is 3. The van der Waals surface area contributed by atoms with Crippen molar-refractivity contribution in [3.8, 4) is 0 Å². The monoisotopic (exact) mass is 249 g/mol. The number of nitrogens with two attached hydrogens (primary N) is 1. The van der Waals surface area contributed by atoms with E-state index in [-0.39, 0.29) is 5.84 Å². The highest BCUT2D eigenvalue weighted by molar-refractivity contribution is 5.98. The predicted molar refractivity (Wildman–Crippen MR) is 74.7 cm³/mol. The number of benzene rings is 1. The molecular formula is C14H23N3O. The molecule has 4 N–H and O–H groups in total. The van der Waals surface area contributed by atoms with Crippen molar-refractivity contribution in [2.24, 2.45) is 16.8 Å². The van der Waals surface area contributed by atoms with Crippen molar-refractivity contribution in [3.63, 3.8) is 0 Å². The fourth-order valence-corrected chi connectivity index (χ4v) is 1.97. The Balaban J connectivity index is 2.62. The highest BCUT2D eigenvalue weighted by Gasteiger charge is 2.07. The SMILES string of the molecule is CCC(CC)CNCc1ccccc1/C(N)=N/O. The summed E-state index contributed by atoms with van der Waals surface area (Å²) in [6.07, 6.45) is 2.37. The van der Waals surface area contributed by atoms with Gasteiger partial charge in [-0.3, -0.25) is 0 Å². The summed E-state index contributed by atoms with van der Waals surface area (Å²) in [5, 5.41) is 15.2. The summed E-state index contributed by atoms with van der Waals surface area (Å²) in [5.74, 6) is 0.871. The van der Waals surface area contributed by atoms with Gasteiger partial charge >= 0.3 is 0 Å². The third kappa shape index (κ3) is 4.04. The van der Waals surface area contributed by atoms with E-state index in [2.05, 4.69) is 24.3 Å². The summed E-state index contributed by atoms with van der Waals surface area (Å²) in [6, 6.07) is 7.70. The molecule has 0 aliphatic rings. The fourth-order valence-electron chi connectivity index (χ4n) is 1.97. The highest BCUT2D eigenvalue weighted by Crippen LogP contribution is 2.10. The molecule has 0 aromatic heterocycles. The first-order valence-electron chi connectivity index (χ1n) is 6.49. The van der Waals surface area contributed by atoms with Crippen LogP contribution in [0.1, 0.15) is 37.8 Å². The zero-order valence-electron chi connectivity index (χ0n) is 11.2. The van der Waals surface area contributed by atoms with Gasteiger partial charge in [0, 0.05) is 12.1 Å². The van der Waals surface area contributed by atoms with Gasteiger partial charge < -0.3 is 16.3 Å². The molecule has 0 spiro atoms. The number of nitrogens with zero attached hydrogens (tertiary/aromatic N) is 1.